The highest BCUT2D eigenvalue weighted by atomic mass is 16.6. The number of ether oxygens (including phenoxy) is 2. The van der Waals surface area contributed by atoms with Crippen molar-refractivity contribution >= 4 is 12.1 Å². The fourth-order valence-electron chi connectivity index (χ4n) is 3.74. The van der Waals surface area contributed by atoms with Gasteiger partial charge in [-0.25, -0.2) is 4.79 Å². The Labute approximate surface area is 163 Å². The summed E-state index contributed by atoms with van der Waals surface area (Å²) in [5.41, 5.74) is -0.943. The zero-order chi connectivity index (χ0) is 20.4. The lowest BCUT2D eigenvalue weighted by Gasteiger charge is -2.46. The van der Waals surface area contributed by atoms with Crippen LogP contribution in [0, 0.1) is 5.92 Å². The number of piperazine rings is 1. The van der Waals surface area contributed by atoms with E-state index in [2.05, 4.69) is 17.1 Å². The molecule has 2 aliphatic rings. The molecule has 156 valence electrons. The molecule has 0 bridgehead atoms. The van der Waals surface area contributed by atoms with Gasteiger partial charge >= 0.3 is 12.1 Å². The fraction of sp³-hybridized carbons (Fsp3) is 0.900. The zero-order valence-electron chi connectivity index (χ0n) is 18.0. The summed E-state index contributed by atoms with van der Waals surface area (Å²) >= 11 is 0. The maximum atomic E-state index is 12.4. The molecule has 0 spiro atoms. The van der Waals surface area contributed by atoms with Gasteiger partial charge in [-0.2, -0.15) is 0 Å². The third-order valence-corrected chi connectivity index (χ3v) is 4.87. The van der Waals surface area contributed by atoms with Crippen molar-refractivity contribution in [3.05, 3.63) is 0 Å². The van der Waals surface area contributed by atoms with E-state index in [4.69, 9.17) is 9.47 Å². The number of nitrogens with one attached hydrogen (secondary N) is 1. The summed E-state index contributed by atoms with van der Waals surface area (Å²) in [7, 11) is 0. The molecule has 0 aromatic carbocycles. The molecule has 7 nitrogen and oxygen atoms in total. The molecule has 0 radical (unpaired) electrons. The van der Waals surface area contributed by atoms with Crippen molar-refractivity contribution in [1.82, 2.24) is 15.1 Å². The van der Waals surface area contributed by atoms with E-state index in [0.29, 0.717) is 19.6 Å². The van der Waals surface area contributed by atoms with Gasteiger partial charge in [-0.15, -0.1) is 0 Å². The molecule has 0 aromatic heterocycles. The van der Waals surface area contributed by atoms with Crippen LogP contribution in [-0.2, 0) is 14.3 Å². The number of nitrogens with zero attached hydrogens (tertiary/aromatic N) is 2. The van der Waals surface area contributed by atoms with Crippen LogP contribution in [0.4, 0.5) is 4.79 Å². The molecule has 0 saturated carbocycles. The van der Waals surface area contributed by atoms with Crippen molar-refractivity contribution in [1.29, 1.82) is 0 Å². The largest absolute Gasteiger partial charge is 0.460 e. The van der Waals surface area contributed by atoms with Crippen molar-refractivity contribution in [3.8, 4) is 0 Å². The van der Waals surface area contributed by atoms with Gasteiger partial charge in [0.25, 0.3) is 0 Å². The Morgan fingerprint density at radius 3 is 2.15 bits per heavy atom. The van der Waals surface area contributed by atoms with Gasteiger partial charge in [0.2, 0.25) is 0 Å². The Bertz CT molecular complexity index is 538. The van der Waals surface area contributed by atoms with Gasteiger partial charge in [0.1, 0.15) is 11.2 Å². The van der Waals surface area contributed by atoms with Crippen LogP contribution in [0.3, 0.4) is 0 Å². The summed E-state index contributed by atoms with van der Waals surface area (Å²) in [4.78, 5) is 29.0. The SMILES string of the molecule is C[C@H]1CN(C(=O)OC(C)(C)C)CCN1[C@@H]1CNC[C@H](C(=O)OC(C)(C)C)C1. The molecule has 7 heteroatoms. The third kappa shape index (κ3) is 6.64. The van der Waals surface area contributed by atoms with Crippen LogP contribution in [0.2, 0.25) is 0 Å². The molecule has 3 atom stereocenters. The first-order valence-corrected chi connectivity index (χ1v) is 10.0. The molecule has 2 fully saturated rings. The van der Waals surface area contributed by atoms with Crippen molar-refractivity contribution in [2.75, 3.05) is 32.7 Å². The number of amides is 1. The minimum Gasteiger partial charge on any atom is -0.460 e. The number of hydrogen-bond donors (Lipinski definition) is 1. The van der Waals surface area contributed by atoms with Crippen molar-refractivity contribution in [2.24, 2.45) is 5.92 Å². The number of rotatable bonds is 2. The predicted octanol–water partition coefficient (Wildman–Crippen LogP) is 2.25. The number of esters is 1. The summed E-state index contributed by atoms with van der Waals surface area (Å²) in [6.45, 7) is 17.1. The number of hydrogen-bond acceptors (Lipinski definition) is 6. The Hall–Kier alpha value is -1.34. The quantitative estimate of drug-likeness (QED) is 0.738. The number of carbonyl (C=O) groups is 2. The first kappa shape index (κ1) is 22.0. The van der Waals surface area contributed by atoms with Crippen LogP contribution in [0.25, 0.3) is 0 Å². The lowest BCUT2D eigenvalue weighted by Crippen LogP contribution is -2.61. The van der Waals surface area contributed by atoms with Gasteiger partial charge in [0.15, 0.2) is 0 Å². The van der Waals surface area contributed by atoms with Gasteiger partial charge in [0.05, 0.1) is 5.92 Å². The maximum absolute atomic E-state index is 12.4. The normalized spacial score (nSPS) is 28.0. The van der Waals surface area contributed by atoms with Crippen LogP contribution < -0.4 is 5.32 Å². The van der Waals surface area contributed by atoms with Gasteiger partial charge in [-0.05, 0) is 54.9 Å². The van der Waals surface area contributed by atoms with Crippen molar-refractivity contribution < 1.29 is 19.1 Å². The van der Waals surface area contributed by atoms with Crippen LogP contribution in [-0.4, -0.2) is 77.9 Å². The molecule has 0 unspecified atom stereocenters. The molecule has 1 amide bonds. The zero-order valence-corrected chi connectivity index (χ0v) is 18.0. The average Bonchev–Trinajstić information content (AvgIpc) is 2.51. The molecule has 2 rings (SSSR count). The van der Waals surface area contributed by atoms with E-state index in [1.807, 2.05) is 41.5 Å². The first-order valence-electron chi connectivity index (χ1n) is 10.0. The number of piperidine rings is 1. The predicted molar refractivity (Wildman–Crippen MR) is 105 cm³/mol. The van der Waals surface area contributed by atoms with Crippen LogP contribution >= 0.6 is 0 Å². The van der Waals surface area contributed by atoms with Crippen molar-refractivity contribution in [3.63, 3.8) is 0 Å². The second kappa shape index (κ2) is 8.35. The van der Waals surface area contributed by atoms with E-state index < -0.39 is 11.2 Å². The monoisotopic (exact) mass is 383 g/mol. The smallest absolute Gasteiger partial charge is 0.410 e. The van der Waals surface area contributed by atoms with E-state index in [-0.39, 0.29) is 30.1 Å². The Balaban J connectivity index is 1.91. The molecular weight excluding hydrogens is 346 g/mol. The van der Waals surface area contributed by atoms with E-state index in [9.17, 15) is 9.59 Å². The second-order valence-electron chi connectivity index (χ2n) is 9.79. The van der Waals surface area contributed by atoms with Crippen LogP contribution in [0.1, 0.15) is 54.9 Å². The third-order valence-electron chi connectivity index (χ3n) is 4.87. The van der Waals surface area contributed by atoms with Gasteiger partial charge in [0, 0.05) is 44.8 Å². The Morgan fingerprint density at radius 2 is 1.59 bits per heavy atom. The van der Waals surface area contributed by atoms with E-state index >= 15 is 0 Å². The summed E-state index contributed by atoms with van der Waals surface area (Å²) in [6, 6.07) is 0.488. The van der Waals surface area contributed by atoms with Gasteiger partial charge in [-0.3, -0.25) is 9.69 Å². The summed E-state index contributed by atoms with van der Waals surface area (Å²) in [5, 5.41) is 3.39. The lowest BCUT2D eigenvalue weighted by atomic mass is 9.93. The van der Waals surface area contributed by atoms with Gasteiger partial charge < -0.3 is 19.7 Å². The fourth-order valence-corrected chi connectivity index (χ4v) is 3.74. The highest BCUT2D eigenvalue weighted by Gasteiger charge is 2.37. The van der Waals surface area contributed by atoms with Gasteiger partial charge in [-0.1, -0.05) is 0 Å². The topological polar surface area (TPSA) is 71.1 Å². The number of carbonyl (C=O) groups excluding carboxylic acids is 2. The van der Waals surface area contributed by atoms with Crippen LogP contribution in [0.15, 0.2) is 0 Å². The minimum atomic E-state index is -0.481. The molecule has 2 saturated heterocycles. The molecule has 0 aliphatic carbocycles. The Kier molecular flexibility index (Phi) is 6.79. The first-order chi connectivity index (χ1) is 12.4. The molecule has 1 N–H and O–H groups in total. The summed E-state index contributed by atoms with van der Waals surface area (Å²) in [6.07, 6.45) is 0.543. The molecule has 2 aliphatic heterocycles. The summed E-state index contributed by atoms with van der Waals surface area (Å²) < 4.78 is 11.1. The molecule has 27 heavy (non-hydrogen) atoms. The minimum absolute atomic E-state index is 0.125. The van der Waals surface area contributed by atoms with Crippen LogP contribution in [0.5, 0.6) is 0 Å². The highest BCUT2D eigenvalue weighted by Crippen LogP contribution is 2.24. The standard InChI is InChI=1S/C20H37N3O4/c1-14-13-22(18(25)27-20(5,6)7)8-9-23(14)16-10-15(11-21-12-16)17(24)26-19(2,3)4/h14-16,21H,8-13H2,1-7H3/t14-,15+,16-/m0/s1. The Morgan fingerprint density at radius 1 is 0.963 bits per heavy atom. The summed E-state index contributed by atoms with van der Waals surface area (Å²) in [5.74, 6) is -0.251. The van der Waals surface area contributed by atoms with E-state index in [1.165, 1.54) is 0 Å². The van der Waals surface area contributed by atoms with Crippen molar-refractivity contribution in [2.45, 2.75) is 78.2 Å². The highest BCUT2D eigenvalue weighted by molar-refractivity contribution is 5.73. The average molecular weight is 384 g/mol. The molecule has 2 heterocycles. The van der Waals surface area contributed by atoms with E-state index in [1.54, 1.807) is 4.90 Å². The van der Waals surface area contributed by atoms with E-state index in [0.717, 1.165) is 19.5 Å². The second-order valence-corrected chi connectivity index (χ2v) is 9.79. The molecule has 0 aromatic rings. The maximum Gasteiger partial charge on any atom is 0.410 e. The molecular formula is C20H37N3O4. The lowest BCUT2D eigenvalue weighted by molar-refractivity contribution is -0.161.